The number of anilines is 1. The molecule has 126 valence electrons. The Hall–Kier alpha value is -2.43. The van der Waals surface area contributed by atoms with Gasteiger partial charge in [0.2, 0.25) is 0 Å². The van der Waals surface area contributed by atoms with Crippen molar-refractivity contribution in [1.29, 1.82) is 0 Å². The van der Waals surface area contributed by atoms with Crippen molar-refractivity contribution in [3.63, 3.8) is 0 Å². The zero-order valence-electron chi connectivity index (χ0n) is 14.2. The summed E-state index contributed by atoms with van der Waals surface area (Å²) in [6.45, 7) is 4.84. The van der Waals surface area contributed by atoms with Gasteiger partial charge in [-0.05, 0) is 44.1 Å². The lowest BCUT2D eigenvalue weighted by Gasteiger charge is -2.36. The third-order valence-corrected chi connectivity index (χ3v) is 4.62. The van der Waals surface area contributed by atoms with E-state index >= 15 is 0 Å². The highest BCUT2D eigenvalue weighted by atomic mass is 16.5. The van der Waals surface area contributed by atoms with Crippen LogP contribution in [0.3, 0.4) is 0 Å². The molecule has 0 aliphatic heterocycles. The van der Waals surface area contributed by atoms with Crippen LogP contribution in [0, 0.1) is 12.8 Å². The Kier molecular flexibility index (Phi) is 5.08. The van der Waals surface area contributed by atoms with Crippen LogP contribution < -0.4 is 5.32 Å². The highest BCUT2D eigenvalue weighted by Gasteiger charge is 2.30. The molecule has 1 fully saturated rings. The van der Waals surface area contributed by atoms with Gasteiger partial charge in [-0.15, -0.1) is 0 Å². The third kappa shape index (κ3) is 3.55. The minimum absolute atomic E-state index is 0.338. The summed E-state index contributed by atoms with van der Waals surface area (Å²) in [5.41, 5.74) is 2.51. The monoisotopic (exact) mass is 325 g/mol. The zero-order chi connectivity index (χ0) is 16.9. The van der Waals surface area contributed by atoms with Gasteiger partial charge < -0.3 is 10.1 Å². The van der Waals surface area contributed by atoms with Gasteiger partial charge in [-0.25, -0.2) is 14.8 Å². The molecule has 3 rings (SSSR count). The molecule has 0 unspecified atom stereocenters. The Morgan fingerprint density at radius 3 is 2.71 bits per heavy atom. The number of carbonyl (C=O) groups excluding carboxylic acids is 1. The molecule has 1 aromatic carbocycles. The molecule has 0 atom stereocenters. The smallest absolute Gasteiger partial charge is 0.357 e. The van der Waals surface area contributed by atoms with Crippen LogP contribution in [0.4, 0.5) is 5.82 Å². The van der Waals surface area contributed by atoms with Crippen molar-refractivity contribution in [2.24, 2.45) is 5.92 Å². The maximum absolute atomic E-state index is 11.9. The SMILES string of the molecule is CCOC(=O)c1ncnc(NC[C@H]2C[C@@H](c3ccccc3)C2)c1C. The second-order valence-corrected chi connectivity index (χ2v) is 6.24. The number of hydrogen-bond donors (Lipinski definition) is 1. The van der Waals surface area contributed by atoms with Gasteiger partial charge in [0.1, 0.15) is 12.1 Å². The molecule has 24 heavy (non-hydrogen) atoms. The van der Waals surface area contributed by atoms with Crippen LogP contribution in [0.15, 0.2) is 36.7 Å². The van der Waals surface area contributed by atoms with Crippen LogP contribution in [0.1, 0.15) is 47.3 Å². The summed E-state index contributed by atoms with van der Waals surface area (Å²) in [5, 5.41) is 3.37. The molecule has 1 aliphatic carbocycles. The molecule has 0 spiro atoms. The van der Waals surface area contributed by atoms with E-state index in [2.05, 4.69) is 45.6 Å². The van der Waals surface area contributed by atoms with Gasteiger partial charge in [-0.2, -0.15) is 0 Å². The van der Waals surface area contributed by atoms with Gasteiger partial charge in [0.25, 0.3) is 0 Å². The molecule has 5 heteroatoms. The molecular weight excluding hydrogens is 302 g/mol. The number of ether oxygens (including phenoxy) is 1. The average molecular weight is 325 g/mol. The molecule has 1 aromatic heterocycles. The summed E-state index contributed by atoms with van der Waals surface area (Å²) in [6, 6.07) is 10.7. The van der Waals surface area contributed by atoms with E-state index in [1.54, 1.807) is 6.92 Å². The Balaban J connectivity index is 1.55. The van der Waals surface area contributed by atoms with Gasteiger partial charge in [-0.3, -0.25) is 0 Å². The first-order chi connectivity index (χ1) is 11.7. The molecule has 1 N–H and O–H groups in total. The van der Waals surface area contributed by atoms with E-state index in [1.807, 2.05) is 6.92 Å². The number of hydrogen-bond acceptors (Lipinski definition) is 5. The van der Waals surface area contributed by atoms with Crippen LogP contribution in [-0.4, -0.2) is 29.1 Å². The molecule has 0 amide bonds. The van der Waals surface area contributed by atoms with Crippen LogP contribution in [-0.2, 0) is 4.74 Å². The van der Waals surface area contributed by atoms with Crippen molar-refractivity contribution >= 4 is 11.8 Å². The number of rotatable bonds is 6. The molecule has 0 bridgehead atoms. The first-order valence-electron chi connectivity index (χ1n) is 8.46. The molecule has 2 aromatic rings. The van der Waals surface area contributed by atoms with Gasteiger partial charge in [-0.1, -0.05) is 30.3 Å². The van der Waals surface area contributed by atoms with Crippen LogP contribution in [0.2, 0.25) is 0 Å². The summed E-state index contributed by atoms with van der Waals surface area (Å²) < 4.78 is 5.03. The standard InChI is InChI=1S/C19H23N3O2/c1-3-24-19(23)17-13(2)18(22-12-21-17)20-11-14-9-16(10-14)15-7-5-4-6-8-15/h4-8,12,14,16H,3,9-11H2,1-2H3,(H,20,21,22)/t14-,16+. The molecule has 1 heterocycles. The fourth-order valence-corrected chi connectivity index (χ4v) is 3.17. The lowest BCUT2D eigenvalue weighted by molar-refractivity contribution is 0.0518. The zero-order valence-corrected chi connectivity index (χ0v) is 14.2. The van der Waals surface area contributed by atoms with Crippen LogP contribution in [0.25, 0.3) is 0 Å². The molecular formula is C19H23N3O2. The first-order valence-corrected chi connectivity index (χ1v) is 8.46. The third-order valence-electron chi connectivity index (χ3n) is 4.62. The second-order valence-electron chi connectivity index (χ2n) is 6.24. The minimum Gasteiger partial charge on any atom is -0.461 e. The summed E-state index contributed by atoms with van der Waals surface area (Å²) in [5.74, 6) is 1.62. The van der Waals surface area contributed by atoms with E-state index in [-0.39, 0.29) is 0 Å². The van der Waals surface area contributed by atoms with Crippen LogP contribution >= 0.6 is 0 Å². The minimum atomic E-state index is -0.395. The van der Waals surface area contributed by atoms with Crippen molar-refractivity contribution in [2.75, 3.05) is 18.5 Å². The van der Waals surface area contributed by atoms with Crippen LogP contribution in [0.5, 0.6) is 0 Å². The summed E-state index contributed by atoms with van der Waals surface area (Å²) >= 11 is 0. The number of esters is 1. The van der Waals surface area contributed by atoms with E-state index in [1.165, 1.54) is 24.7 Å². The maximum Gasteiger partial charge on any atom is 0.357 e. The first kappa shape index (κ1) is 16.4. The quantitative estimate of drug-likeness (QED) is 0.823. The predicted molar refractivity (Wildman–Crippen MR) is 93.1 cm³/mol. The lowest BCUT2D eigenvalue weighted by Crippen LogP contribution is -2.28. The Morgan fingerprint density at radius 2 is 2.00 bits per heavy atom. The second kappa shape index (κ2) is 7.43. The van der Waals surface area contributed by atoms with Crippen molar-refractivity contribution < 1.29 is 9.53 Å². The largest absolute Gasteiger partial charge is 0.461 e. The van der Waals surface area contributed by atoms with E-state index < -0.39 is 5.97 Å². The Bertz CT molecular complexity index is 697. The summed E-state index contributed by atoms with van der Waals surface area (Å²) in [7, 11) is 0. The van der Waals surface area contributed by atoms with Gasteiger partial charge in [0.05, 0.1) is 6.61 Å². The molecule has 1 saturated carbocycles. The molecule has 0 radical (unpaired) electrons. The highest BCUT2D eigenvalue weighted by molar-refractivity contribution is 5.90. The fourth-order valence-electron chi connectivity index (χ4n) is 3.17. The van der Waals surface area contributed by atoms with Gasteiger partial charge in [0.15, 0.2) is 5.69 Å². The Morgan fingerprint density at radius 1 is 1.25 bits per heavy atom. The van der Waals surface area contributed by atoms with Crippen molar-refractivity contribution in [1.82, 2.24) is 9.97 Å². The molecule has 0 saturated heterocycles. The predicted octanol–water partition coefficient (Wildman–Crippen LogP) is 3.57. The molecule has 5 nitrogen and oxygen atoms in total. The van der Waals surface area contributed by atoms with Crippen molar-refractivity contribution in [2.45, 2.75) is 32.6 Å². The topological polar surface area (TPSA) is 64.1 Å². The average Bonchev–Trinajstić information content (AvgIpc) is 2.56. The summed E-state index contributed by atoms with van der Waals surface area (Å²) in [4.78, 5) is 20.2. The number of nitrogens with zero attached hydrogens (tertiary/aromatic N) is 2. The van der Waals surface area contributed by atoms with E-state index in [0.29, 0.717) is 24.1 Å². The van der Waals surface area contributed by atoms with Crippen molar-refractivity contribution in [3.8, 4) is 0 Å². The van der Waals surface area contributed by atoms with Crippen molar-refractivity contribution in [3.05, 3.63) is 53.5 Å². The number of aromatic nitrogens is 2. The lowest BCUT2D eigenvalue weighted by atomic mass is 9.71. The Labute approximate surface area is 142 Å². The number of nitrogens with one attached hydrogen (secondary N) is 1. The fraction of sp³-hybridized carbons (Fsp3) is 0.421. The van der Waals surface area contributed by atoms with E-state index in [9.17, 15) is 4.79 Å². The maximum atomic E-state index is 11.9. The van der Waals surface area contributed by atoms with E-state index in [4.69, 9.17) is 4.74 Å². The highest BCUT2D eigenvalue weighted by Crippen LogP contribution is 2.41. The number of benzene rings is 1. The van der Waals surface area contributed by atoms with E-state index in [0.717, 1.165) is 17.9 Å². The summed E-state index contributed by atoms with van der Waals surface area (Å²) in [6.07, 6.45) is 3.78. The molecule has 1 aliphatic rings. The van der Waals surface area contributed by atoms with Gasteiger partial charge in [0, 0.05) is 12.1 Å². The number of carbonyl (C=O) groups is 1. The van der Waals surface area contributed by atoms with Gasteiger partial charge >= 0.3 is 5.97 Å². The normalized spacial score (nSPS) is 19.4.